The second-order valence-corrected chi connectivity index (χ2v) is 8.17. The van der Waals surface area contributed by atoms with Crippen LogP contribution in [0.25, 0.3) is 0 Å². The lowest BCUT2D eigenvalue weighted by atomic mass is 10.2. The lowest BCUT2D eigenvalue weighted by Crippen LogP contribution is -2.15. The highest BCUT2D eigenvalue weighted by Crippen LogP contribution is 2.28. The molecule has 6 nitrogen and oxygen atoms in total. The highest BCUT2D eigenvalue weighted by molar-refractivity contribution is 7.99. The summed E-state index contributed by atoms with van der Waals surface area (Å²) in [6.45, 7) is 3.83. The Morgan fingerprint density at radius 1 is 1.24 bits per heavy atom. The van der Waals surface area contributed by atoms with Crippen molar-refractivity contribution < 1.29 is 9.53 Å². The number of benzene rings is 2. The van der Waals surface area contributed by atoms with E-state index in [1.54, 1.807) is 18.2 Å². The minimum Gasteiger partial charge on any atom is -0.482 e. The number of hydrogen-bond donors (Lipinski definition) is 1. The largest absolute Gasteiger partial charge is 0.482 e. The number of anilines is 1. The van der Waals surface area contributed by atoms with Crippen molar-refractivity contribution in [2.45, 2.75) is 25.1 Å². The Hall–Kier alpha value is -2.22. The third-order valence-corrected chi connectivity index (χ3v) is 5.74. The Morgan fingerprint density at radius 3 is 2.72 bits per heavy atom. The molecule has 3 rings (SSSR count). The molecule has 0 aliphatic heterocycles. The normalized spacial score (nSPS) is 11.9. The van der Waals surface area contributed by atoms with Crippen LogP contribution < -0.4 is 10.1 Å². The summed E-state index contributed by atoms with van der Waals surface area (Å²) in [5.41, 5.74) is 1.52. The number of nitrogens with one attached hydrogen (secondary N) is 1. The van der Waals surface area contributed by atoms with Crippen molar-refractivity contribution in [1.82, 2.24) is 14.8 Å². The van der Waals surface area contributed by atoms with Gasteiger partial charge in [0.1, 0.15) is 5.75 Å². The topological polar surface area (TPSA) is 69.0 Å². The number of aromatic nitrogens is 3. The van der Waals surface area contributed by atoms with E-state index in [0.29, 0.717) is 26.7 Å². The number of amides is 1. The van der Waals surface area contributed by atoms with Gasteiger partial charge >= 0.3 is 0 Å². The lowest BCUT2D eigenvalue weighted by Gasteiger charge is -2.16. The van der Waals surface area contributed by atoms with E-state index in [4.69, 9.17) is 27.9 Å². The van der Waals surface area contributed by atoms with Crippen molar-refractivity contribution in [1.29, 1.82) is 0 Å². The number of carbonyl (C=O) groups is 1. The zero-order chi connectivity index (χ0) is 21.0. The molecule has 0 aliphatic carbocycles. The van der Waals surface area contributed by atoms with Gasteiger partial charge < -0.3 is 14.6 Å². The Kier molecular flexibility index (Phi) is 7.05. The molecule has 0 fully saturated rings. The van der Waals surface area contributed by atoms with Gasteiger partial charge in [-0.1, -0.05) is 47.1 Å². The fourth-order valence-corrected chi connectivity index (χ4v) is 3.80. The van der Waals surface area contributed by atoms with Crippen LogP contribution in [0.4, 0.5) is 5.69 Å². The number of thioether (sulfide) groups is 1. The van der Waals surface area contributed by atoms with Gasteiger partial charge in [0.2, 0.25) is 5.91 Å². The van der Waals surface area contributed by atoms with Gasteiger partial charge in [0.05, 0.1) is 16.5 Å². The average Bonchev–Trinajstić information content (AvgIpc) is 3.05. The number of carbonyl (C=O) groups excluding carboxylic acids is 1. The molecule has 1 heterocycles. The molecule has 1 N–H and O–H groups in total. The Balaban J connectivity index is 1.61. The monoisotopic (exact) mass is 450 g/mol. The molecule has 9 heteroatoms. The maximum atomic E-state index is 12.2. The number of hydrogen-bond acceptors (Lipinski definition) is 5. The van der Waals surface area contributed by atoms with Gasteiger partial charge in [-0.2, -0.15) is 0 Å². The van der Waals surface area contributed by atoms with Crippen molar-refractivity contribution in [3.05, 3.63) is 63.9 Å². The molecule has 1 aromatic heterocycles. The van der Waals surface area contributed by atoms with E-state index >= 15 is 0 Å². The molecule has 1 unspecified atom stereocenters. The average molecular weight is 451 g/mol. The predicted molar refractivity (Wildman–Crippen MR) is 117 cm³/mol. The van der Waals surface area contributed by atoms with Gasteiger partial charge in [-0.3, -0.25) is 4.79 Å². The van der Waals surface area contributed by atoms with Gasteiger partial charge in [-0.25, -0.2) is 0 Å². The van der Waals surface area contributed by atoms with Gasteiger partial charge in [-0.15, -0.1) is 10.2 Å². The summed E-state index contributed by atoms with van der Waals surface area (Å²) in [4.78, 5) is 12.2. The van der Waals surface area contributed by atoms with Crippen molar-refractivity contribution in [3.8, 4) is 5.75 Å². The Labute approximate surface area is 183 Å². The second kappa shape index (κ2) is 9.52. The highest BCUT2D eigenvalue weighted by atomic mass is 35.5. The van der Waals surface area contributed by atoms with Crippen LogP contribution in [0.2, 0.25) is 10.0 Å². The van der Waals surface area contributed by atoms with Crippen molar-refractivity contribution in [2.75, 3.05) is 11.1 Å². The minimum atomic E-state index is -0.321. The fraction of sp³-hybridized carbons (Fsp3) is 0.250. The molecule has 29 heavy (non-hydrogen) atoms. The molecular weight excluding hydrogens is 431 g/mol. The fourth-order valence-electron chi connectivity index (χ4n) is 2.67. The van der Waals surface area contributed by atoms with Crippen LogP contribution in [0.5, 0.6) is 5.75 Å². The van der Waals surface area contributed by atoms with Crippen molar-refractivity contribution >= 4 is 46.6 Å². The van der Waals surface area contributed by atoms with E-state index in [1.807, 2.05) is 49.7 Å². The molecule has 3 aromatic rings. The summed E-state index contributed by atoms with van der Waals surface area (Å²) < 4.78 is 7.84. The van der Waals surface area contributed by atoms with Crippen LogP contribution in [0.15, 0.2) is 47.6 Å². The second-order valence-electron chi connectivity index (χ2n) is 6.39. The number of halogens is 2. The first-order valence-electron chi connectivity index (χ1n) is 8.84. The number of rotatable bonds is 7. The Bertz CT molecular complexity index is 1030. The minimum absolute atomic E-state index is 0.172. The molecule has 1 atom stereocenters. The first-order chi connectivity index (χ1) is 13.8. The highest BCUT2D eigenvalue weighted by Gasteiger charge is 2.19. The van der Waals surface area contributed by atoms with Crippen LogP contribution in [-0.4, -0.2) is 26.4 Å². The van der Waals surface area contributed by atoms with Crippen LogP contribution >= 0.6 is 35.0 Å². The number of ether oxygens (including phenoxy) is 1. The molecule has 0 bridgehead atoms. The smallest absolute Gasteiger partial charge is 0.234 e. The first kappa shape index (κ1) is 21.5. The standard InChI is InChI=1S/C20H20Cl2N4O2S/c1-12-10-14(21)8-9-17(12)28-13(2)19-24-25-20(26(19)3)29-11-18(27)23-16-7-5-4-6-15(16)22/h4-10,13H,11H2,1-3H3,(H,23,27). The van der Waals surface area contributed by atoms with Gasteiger partial charge in [0.15, 0.2) is 17.1 Å². The zero-order valence-electron chi connectivity index (χ0n) is 16.1. The van der Waals surface area contributed by atoms with Crippen LogP contribution in [0, 0.1) is 6.92 Å². The van der Waals surface area contributed by atoms with Gasteiger partial charge in [-0.05, 0) is 49.7 Å². The van der Waals surface area contributed by atoms with Crippen molar-refractivity contribution in [2.24, 2.45) is 7.05 Å². The van der Waals surface area contributed by atoms with E-state index in [9.17, 15) is 4.79 Å². The van der Waals surface area contributed by atoms with Crippen LogP contribution in [0.3, 0.4) is 0 Å². The molecule has 0 radical (unpaired) electrons. The van der Waals surface area contributed by atoms with E-state index < -0.39 is 0 Å². The third-order valence-electron chi connectivity index (χ3n) is 4.15. The molecule has 152 valence electrons. The SMILES string of the molecule is Cc1cc(Cl)ccc1OC(C)c1nnc(SCC(=O)Nc2ccccc2Cl)n1C. The lowest BCUT2D eigenvalue weighted by molar-refractivity contribution is -0.113. The summed E-state index contributed by atoms with van der Waals surface area (Å²) in [5.74, 6) is 1.41. The van der Waals surface area contributed by atoms with E-state index in [1.165, 1.54) is 11.8 Å². The molecule has 0 saturated heterocycles. The number of aryl methyl sites for hydroxylation is 1. The Morgan fingerprint density at radius 2 is 2.00 bits per heavy atom. The zero-order valence-corrected chi connectivity index (χ0v) is 18.5. The van der Waals surface area contributed by atoms with Crippen molar-refractivity contribution in [3.63, 3.8) is 0 Å². The molecule has 2 aromatic carbocycles. The maximum Gasteiger partial charge on any atom is 0.234 e. The summed E-state index contributed by atoms with van der Waals surface area (Å²) in [6, 6.07) is 12.6. The molecule has 1 amide bonds. The summed E-state index contributed by atoms with van der Waals surface area (Å²) in [5, 5.41) is 13.0. The van der Waals surface area contributed by atoms with E-state index in [0.717, 1.165) is 11.3 Å². The number of nitrogens with zero attached hydrogens (tertiary/aromatic N) is 3. The van der Waals surface area contributed by atoms with Crippen LogP contribution in [0.1, 0.15) is 24.4 Å². The number of para-hydroxylation sites is 1. The summed E-state index contributed by atoms with van der Waals surface area (Å²) in [7, 11) is 1.85. The summed E-state index contributed by atoms with van der Waals surface area (Å²) >= 11 is 13.4. The maximum absolute atomic E-state index is 12.2. The third kappa shape index (κ3) is 5.44. The molecule has 0 aliphatic rings. The predicted octanol–water partition coefficient (Wildman–Crippen LogP) is 5.30. The van der Waals surface area contributed by atoms with Crippen LogP contribution in [-0.2, 0) is 11.8 Å². The summed E-state index contributed by atoms with van der Waals surface area (Å²) in [6.07, 6.45) is -0.321. The molecular formula is C20H20Cl2N4O2S. The van der Waals surface area contributed by atoms with Gasteiger partial charge in [0, 0.05) is 12.1 Å². The first-order valence-corrected chi connectivity index (χ1v) is 10.6. The van der Waals surface area contributed by atoms with E-state index in [2.05, 4.69) is 15.5 Å². The van der Waals surface area contributed by atoms with E-state index in [-0.39, 0.29) is 17.8 Å². The molecule has 0 saturated carbocycles. The van der Waals surface area contributed by atoms with Gasteiger partial charge in [0.25, 0.3) is 0 Å². The molecule has 0 spiro atoms. The quantitative estimate of drug-likeness (QED) is 0.494.